The van der Waals surface area contributed by atoms with Gasteiger partial charge < -0.3 is 10.0 Å². The third kappa shape index (κ3) is 1.91. The van der Waals surface area contributed by atoms with Crippen LogP contribution < -0.4 is 10.7 Å². The highest BCUT2D eigenvalue weighted by atomic mass is 16.3. The summed E-state index contributed by atoms with van der Waals surface area (Å²) < 4.78 is 0. The first-order valence-electron chi connectivity index (χ1n) is 4.51. The molecule has 0 bridgehead atoms. The highest BCUT2D eigenvalue weighted by Gasteiger charge is 2.16. The van der Waals surface area contributed by atoms with Gasteiger partial charge in [-0.3, -0.25) is 5.84 Å². The minimum atomic E-state index is 0.0891. The van der Waals surface area contributed by atoms with Gasteiger partial charge in [0, 0.05) is 26.2 Å². The van der Waals surface area contributed by atoms with E-state index in [1.165, 1.54) is 12.4 Å². The van der Waals surface area contributed by atoms with Gasteiger partial charge in [0.15, 0.2) is 5.75 Å². The fourth-order valence-electron chi connectivity index (χ4n) is 1.40. The molecule has 0 unspecified atom stereocenters. The normalized spacial score (nSPS) is 18.5. The van der Waals surface area contributed by atoms with E-state index in [-0.39, 0.29) is 5.75 Å². The molecule has 1 aromatic heterocycles. The van der Waals surface area contributed by atoms with E-state index in [9.17, 15) is 0 Å². The van der Waals surface area contributed by atoms with E-state index in [4.69, 9.17) is 10.9 Å². The first-order valence-corrected chi connectivity index (χ1v) is 4.51. The predicted octanol–water partition coefficient (Wildman–Crippen LogP) is -0.822. The summed E-state index contributed by atoms with van der Waals surface area (Å²) in [4.78, 5) is 10.1. The molecule has 1 aromatic rings. The minimum absolute atomic E-state index is 0.0891. The Hall–Kier alpha value is -1.40. The van der Waals surface area contributed by atoms with Crippen LogP contribution in [0.25, 0.3) is 0 Å². The molecule has 2 rings (SSSR count). The van der Waals surface area contributed by atoms with E-state index >= 15 is 0 Å². The average Bonchev–Trinajstić information content (AvgIpc) is 2.21. The second-order valence-corrected chi connectivity index (χ2v) is 3.26. The van der Waals surface area contributed by atoms with Gasteiger partial charge in [0.05, 0.1) is 12.4 Å². The molecule has 0 atom stereocenters. The van der Waals surface area contributed by atoms with Crippen LogP contribution in [0.4, 0.5) is 5.95 Å². The zero-order valence-corrected chi connectivity index (χ0v) is 7.80. The molecule has 0 aromatic carbocycles. The number of hydrogen-bond acceptors (Lipinski definition) is 6. The molecule has 1 saturated heterocycles. The van der Waals surface area contributed by atoms with Crippen LogP contribution in [0.3, 0.4) is 0 Å². The van der Waals surface area contributed by atoms with Crippen LogP contribution in [0.5, 0.6) is 5.75 Å². The van der Waals surface area contributed by atoms with Gasteiger partial charge in [-0.15, -0.1) is 0 Å². The van der Waals surface area contributed by atoms with Gasteiger partial charge in [0.2, 0.25) is 5.95 Å². The van der Waals surface area contributed by atoms with E-state index < -0.39 is 0 Å². The Labute approximate surface area is 81.9 Å². The van der Waals surface area contributed by atoms with Crippen molar-refractivity contribution in [2.45, 2.75) is 0 Å². The van der Waals surface area contributed by atoms with Gasteiger partial charge in [0.1, 0.15) is 0 Å². The van der Waals surface area contributed by atoms with Gasteiger partial charge >= 0.3 is 0 Å². The van der Waals surface area contributed by atoms with Crippen LogP contribution in [0.2, 0.25) is 0 Å². The van der Waals surface area contributed by atoms with Crippen LogP contribution in [0.1, 0.15) is 0 Å². The van der Waals surface area contributed by atoms with Crippen molar-refractivity contribution in [1.29, 1.82) is 0 Å². The van der Waals surface area contributed by atoms with Crippen LogP contribution in [-0.4, -0.2) is 46.3 Å². The van der Waals surface area contributed by atoms with Gasteiger partial charge in [0.25, 0.3) is 0 Å². The maximum atomic E-state index is 9.03. The van der Waals surface area contributed by atoms with Crippen molar-refractivity contribution in [3.05, 3.63) is 12.4 Å². The molecule has 6 heteroatoms. The highest BCUT2D eigenvalue weighted by Crippen LogP contribution is 2.11. The van der Waals surface area contributed by atoms with Crippen LogP contribution in [0.15, 0.2) is 12.4 Å². The Morgan fingerprint density at radius 3 is 2.29 bits per heavy atom. The molecule has 6 nitrogen and oxygen atoms in total. The molecule has 0 spiro atoms. The Kier molecular flexibility index (Phi) is 2.47. The zero-order valence-electron chi connectivity index (χ0n) is 7.80. The van der Waals surface area contributed by atoms with Gasteiger partial charge in [-0.25, -0.2) is 15.0 Å². The fourth-order valence-corrected chi connectivity index (χ4v) is 1.40. The Balaban J connectivity index is 2.05. The maximum absolute atomic E-state index is 9.03. The Bertz CT molecular complexity index is 293. The third-order valence-electron chi connectivity index (χ3n) is 2.22. The molecule has 14 heavy (non-hydrogen) atoms. The van der Waals surface area contributed by atoms with Crippen molar-refractivity contribution >= 4 is 5.95 Å². The molecular weight excluding hydrogens is 182 g/mol. The zero-order chi connectivity index (χ0) is 9.97. The summed E-state index contributed by atoms with van der Waals surface area (Å²) in [5.41, 5.74) is 0. The largest absolute Gasteiger partial charge is 0.505 e. The quantitative estimate of drug-likeness (QED) is 0.570. The molecular formula is C8H13N5O. The maximum Gasteiger partial charge on any atom is 0.225 e. The number of hydrazine groups is 1. The second kappa shape index (κ2) is 3.77. The summed E-state index contributed by atoms with van der Waals surface area (Å²) in [6, 6.07) is 0. The van der Waals surface area contributed by atoms with Crippen molar-refractivity contribution in [3.8, 4) is 5.75 Å². The van der Waals surface area contributed by atoms with E-state index in [0.717, 1.165) is 26.2 Å². The first-order chi connectivity index (χ1) is 6.75. The monoisotopic (exact) mass is 195 g/mol. The second-order valence-electron chi connectivity index (χ2n) is 3.26. The number of hydrogen-bond donors (Lipinski definition) is 2. The standard InChI is InChI=1S/C8H13N5O/c9-13-3-1-12(2-4-13)8-10-5-7(14)6-11-8/h5-6,14H,1-4,9H2. The lowest BCUT2D eigenvalue weighted by atomic mass is 10.4. The first kappa shape index (κ1) is 9.17. The Morgan fingerprint density at radius 2 is 1.71 bits per heavy atom. The molecule has 0 amide bonds. The van der Waals surface area contributed by atoms with Crippen molar-refractivity contribution in [1.82, 2.24) is 15.0 Å². The lowest BCUT2D eigenvalue weighted by molar-refractivity contribution is 0.265. The van der Waals surface area contributed by atoms with Gasteiger partial charge in [-0.2, -0.15) is 0 Å². The smallest absolute Gasteiger partial charge is 0.225 e. The van der Waals surface area contributed by atoms with Crippen LogP contribution >= 0.6 is 0 Å². The number of anilines is 1. The minimum Gasteiger partial charge on any atom is -0.505 e. The molecule has 0 saturated carbocycles. The average molecular weight is 195 g/mol. The van der Waals surface area contributed by atoms with Gasteiger partial charge in [-0.1, -0.05) is 0 Å². The van der Waals surface area contributed by atoms with Crippen molar-refractivity contribution < 1.29 is 5.11 Å². The summed E-state index contributed by atoms with van der Waals surface area (Å²) in [6.07, 6.45) is 2.80. The number of piperazine rings is 1. The van der Waals surface area contributed by atoms with E-state index in [0.29, 0.717) is 5.95 Å². The number of nitrogens with two attached hydrogens (primary N) is 1. The summed E-state index contributed by atoms with van der Waals surface area (Å²) in [5, 5.41) is 10.8. The fraction of sp³-hybridized carbons (Fsp3) is 0.500. The number of nitrogens with zero attached hydrogens (tertiary/aromatic N) is 4. The summed E-state index contributed by atoms with van der Waals surface area (Å²) >= 11 is 0. The van der Waals surface area contributed by atoms with Crippen molar-refractivity contribution in [3.63, 3.8) is 0 Å². The summed E-state index contributed by atoms with van der Waals surface area (Å²) in [5.74, 6) is 6.36. The van der Waals surface area contributed by atoms with Crippen molar-refractivity contribution in [2.24, 2.45) is 5.84 Å². The van der Waals surface area contributed by atoms with Crippen molar-refractivity contribution in [2.75, 3.05) is 31.1 Å². The molecule has 1 aliphatic rings. The lowest BCUT2D eigenvalue weighted by Crippen LogP contribution is -2.49. The molecule has 1 aliphatic heterocycles. The molecule has 3 N–H and O–H groups in total. The number of rotatable bonds is 1. The number of aromatic hydroxyl groups is 1. The molecule has 1 fully saturated rings. The molecule has 2 heterocycles. The third-order valence-corrected chi connectivity index (χ3v) is 2.22. The van der Waals surface area contributed by atoms with Gasteiger partial charge in [-0.05, 0) is 0 Å². The van der Waals surface area contributed by atoms with E-state index in [1.807, 2.05) is 4.90 Å². The highest BCUT2D eigenvalue weighted by molar-refractivity contribution is 5.31. The van der Waals surface area contributed by atoms with Crippen LogP contribution in [0, 0.1) is 0 Å². The molecule has 0 radical (unpaired) electrons. The topological polar surface area (TPSA) is 78.5 Å². The summed E-state index contributed by atoms with van der Waals surface area (Å²) in [7, 11) is 0. The number of aromatic nitrogens is 2. The van der Waals surface area contributed by atoms with Crippen LogP contribution in [-0.2, 0) is 0 Å². The SMILES string of the molecule is NN1CCN(c2ncc(O)cn2)CC1. The molecule has 0 aliphatic carbocycles. The summed E-state index contributed by atoms with van der Waals surface area (Å²) in [6.45, 7) is 3.26. The van der Waals surface area contributed by atoms with E-state index in [2.05, 4.69) is 9.97 Å². The predicted molar refractivity (Wildman–Crippen MR) is 51.7 cm³/mol. The van der Waals surface area contributed by atoms with E-state index in [1.54, 1.807) is 5.01 Å². The molecule has 76 valence electrons. The lowest BCUT2D eigenvalue weighted by Gasteiger charge is -2.31. The Morgan fingerprint density at radius 1 is 1.14 bits per heavy atom.